The molecule has 0 bridgehead atoms. The fourth-order valence-electron chi connectivity index (χ4n) is 5.77. The molecule has 0 saturated heterocycles. The Morgan fingerprint density at radius 1 is 0.319 bits per heavy atom. The number of fused-ring (bicyclic) bond motifs is 8. The van der Waals surface area contributed by atoms with Gasteiger partial charge in [0.2, 0.25) is 0 Å². The van der Waals surface area contributed by atoms with Crippen LogP contribution in [0.15, 0.2) is 174 Å². The van der Waals surface area contributed by atoms with Crippen LogP contribution in [0.2, 0.25) is 0 Å². The third kappa shape index (κ3) is 3.97. The molecule has 0 amide bonds. The van der Waals surface area contributed by atoms with Gasteiger partial charge in [-0.05, 0) is 101 Å². The Morgan fingerprint density at radius 3 is 1.51 bits per heavy atom. The summed E-state index contributed by atoms with van der Waals surface area (Å²) in [5.74, 6) is 0. The quantitative estimate of drug-likeness (QED) is 0.141. The van der Waals surface area contributed by atoms with E-state index in [1.807, 2.05) is 0 Å². The Balaban J connectivity index is 1.47. The number of hydrogen-bond donors (Lipinski definition) is 0. The van der Waals surface area contributed by atoms with Crippen LogP contribution in [-0.2, 0) is 0 Å². The molecule has 47 heavy (non-hydrogen) atoms. The van der Waals surface area contributed by atoms with Crippen LogP contribution in [0.1, 0.15) is 38.4 Å². The van der Waals surface area contributed by atoms with Gasteiger partial charge in [0.1, 0.15) is 11.2 Å². The highest BCUT2D eigenvalue weighted by Gasteiger charge is 2.19. The number of rotatable bonds is 3. The van der Waals surface area contributed by atoms with Crippen LogP contribution in [0.5, 0.6) is 0 Å². The first-order valence-electron chi connectivity index (χ1n) is 27.9. The molecule has 10 aromatic rings. The zero-order valence-electron chi connectivity index (χ0n) is 51.4. The first-order valence-corrected chi connectivity index (χ1v) is 13.9. The Hall–Kier alpha value is -6.18. The topological polar surface area (TPSA) is 13.1 Å². The van der Waals surface area contributed by atoms with Crippen molar-refractivity contribution in [1.29, 1.82) is 0 Å². The van der Waals surface area contributed by atoms with Crippen LogP contribution in [0, 0.1) is 0 Å². The maximum atomic E-state index is 9.79. The molecule has 0 N–H and O–H groups in total. The minimum Gasteiger partial charge on any atom is -0.456 e. The Bertz CT molecular complexity index is 4330. The molecule has 0 aliphatic heterocycles. The minimum absolute atomic E-state index is 0.394. The van der Waals surface area contributed by atoms with Crippen molar-refractivity contribution in [2.45, 2.75) is 0 Å². The van der Waals surface area contributed by atoms with Crippen LogP contribution in [0.3, 0.4) is 0 Å². The summed E-state index contributed by atoms with van der Waals surface area (Å²) in [6, 6.07) is -26.0. The molecule has 0 aliphatic carbocycles. The third-order valence-corrected chi connectivity index (χ3v) is 7.76. The number of hydrogen-bond acceptors (Lipinski definition) is 1. The smallest absolute Gasteiger partial charge is 0.135 e. The van der Waals surface area contributed by atoms with E-state index in [-0.39, 0.29) is 0 Å². The van der Waals surface area contributed by atoms with Gasteiger partial charge in [-0.1, -0.05) is 145 Å². The molecule has 0 spiro atoms. The van der Waals surface area contributed by atoms with Crippen LogP contribution < -0.4 is 0 Å². The molecular formula is C46H28O. The van der Waals surface area contributed by atoms with Crippen LogP contribution >= 0.6 is 0 Å². The van der Waals surface area contributed by atoms with Gasteiger partial charge in [0.15, 0.2) is 0 Å². The highest BCUT2D eigenvalue weighted by molar-refractivity contribution is 6.25. The van der Waals surface area contributed by atoms with Crippen molar-refractivity contribution in [3.8, 4) is 33.4 Å². The zero-order chi connectivity index (χ0) is 55.3. The molecular weight excluding hydrogens is 569 g/mol. The lowest BCUT2D eigenvalue weighted by atomic mass is 9.83. The number of furan rings is 1. The zero-order valence-corrected chi connectivity index (χ0v) is 23.4. The molecule has 9 aromatic carbocycles. The summed E-state index contributed by atoms with van der Waals surface area (Å²) in [6.45, 7) is 0. The van der Waals surface area contributed by atoms with Gasteiger partial charge in [0, 0.05) is 10.8 Å². The molecule has 0 fully saturated rings. The first kappa shape index (κ1) is 10.7. The van der Waals surface area contributed by atoms with Gasteiger partial charge in [-0.15, -0.1) is 0 Å². The van der Waals surface area contributed by atoms with Crippen LogP contribution in [0.4, 0.5) is 0 Å². The average Bonchev–Trinajstić information content (AvgIpc) is 3.84. The van der Waals surface area contributed by atoms with Gasteiger partial charge in [-0.3, -0.25) is 0 Å². The Morgan fingerprint density at radius 2 is 0.809 bits per heavy atom. The van der Waals surface area contributed by atoms with Crippen LogP contribution in [0.25, 0.3) is 98.4 Å². The van der Waals surface area contributed by atoms with Gasteiger partial charge in [0.05, 0.1) is 38.4 Å². The molecule has 0 radical (unpaired) electrons. The summed E-state index contributed by atoms with van der Waals surface area (Å²) in [7, 11) is 0. The van der Waals surface area contributed by atoms with E-state index in [2.05, 4.69) is 0 Å². The minimum atomic E-state index is -1.10. The second-order valence-corrected chi connectivity index (χ2v) is 10.3. The monoisotopic (exact) mass is 624 g/mol. The second-order valence-electron chi connectivity index (χ2n) is 10.3. The van der Waals surface area contributed by atoms with E-state index in [1.54, 1.807) is 0 Å². The van der Waals surface area contributed by atoms with Gasteiger partial charge >= 0.3 is 0 Å². The van der Waals surface area contributed by atoms with E-state index in [0.29, 0.717) is 0 Å². The average molecular weight is 625 g/mol. The molecule has 1 heterocycles. The SMILES string of the molecule is [2H]c1c([2H])c(-c2c3c([2H])c([2H])c([2H])c([2H])c3c(-c3c([2H])c4c([2H])c([2H])c([2H])c([2H])c4c4c([2H])c([2H])c([2H])c([2H])c34)c3c([2H])c([2H])c([2H])c([2H])c23)c([2H])c([2H])c1-c1c([2H])c([2H])c2oc3c([2H])c([2H])c([2H])c([2H])c3c2c1[2H]. The van der Waals surface area contributed by atoms with E-state index < -0.39 is 268 Å². The van der Waals surface area contributed by atoms with Crippen molar-refractivity contribution in [1.82, 2.24) is 0 Å². The molecule has 0 unspecified atom stereocenters. The van der Waals surface area contributed by atoms with E-state index >= 15 is 0 Å². The Labute approximate surface area is 311 Å². The molecule has 1 aromatic heterocycles. The number of para-hydroxylation sites is 1. The van der Waals surface area contributed by atoms with Crippen molar-refractivity contribution in [3.05, 3.63) is 169 Å². The lowest BCUT2D eigenvalue weighted by molar-refractivity contribution is 0.669. The van der Waals surface area contributed by atoms with E-state index in [9.17, 15) is 15.1 Å². The van der Waals surface area contributed by atoms with Gasteiger partial charge in [0.25, 0.3) is 0 Å². The summed E-state index contributed by atoms with van der Waals surface area (Å²) >= 11 is 0. The third-order valence-electron chi connectivity index (χ3n) is 7.76. The molecule has 0 atom stereocenters. The predicted molar refractivity (Wildman–Crippen MR) is 200 cm³/mol. The molecule has 10 rings (SSSR count). The fourth-order valence-corrected chi connectivity index (χ4v) is 5.77. The molecule has 218 valence electrons. The van der Waals surface area contributed by atoms with E-state index in [0.717, 1.165) is 0 Å². The fraction of sp³-hybridized carbons (Fsp3) is 0. The van der Waals surface area contributed by atoms with Gasteiger partial charge in [-0.25, -0.2) is 0 Å². The molecule has 0 aliphatic rings. The lowest BCUT2D eigenvalue weighted by Gasteiger charge is -2.19. The summed E-state index contributed by atoms with van der Waals surface area (Å²) in [4.78, 5) is 0. The van der Waals surface area contributed by atoms with Crippen molar-refractivity contribution in [2.24, 2.45) is 0 Å². The largest absolute Gasteiger partial charge is 0.456 e. The predicted octanol–water partition coefficient (Wildman–Crippen LogP) is 13.2. The highest BCUT2D eigenvalue weighted by Crippen LogP contribution is 2.46. The molecule has 0 saturated carbocycles. The maximum Gasteiger partial charge on any atom is 0.135 e. The second kappa shape index (κ2) is 10.2. The van der Waals surface area contributed by atoms with Gasteiger partial charge in [-0.2, -0.15) is 0 Å². The van der Waals surface area contributed by atoms with Gasteiger partial charge < -0.3 is 4.42 Å². The summed E-state index contributed by atoms with van der Waals surface area (Å²) < 4.78 is 258. The number of benzene rings is 9. The lowest BCUT2D eigenvalue weighted by Crippen LogP contribution is -1.92. The van der Waals surface area contributed by atoms with Crippen LogP contribution in [-0.4, -0.2) is 0 Å². The molecule has 1 heteroatoms. The van der Waals surface area contributed by atoms with Crippen molar-refractivity contribution >= 4 is 65.0 Å². The Kier molecular flexibility index (Phi) is 2.31. The summed E-state index contributed by atoms with van der Waals surface area (Å²) in [5.41, 5.74) is -5.72. The molecule has 1 nitrogen and oxygen atoms in total. The van der Waals surface area contributed by atoms with E-state index in [4.69, 9.17) is 27.7 Å². The summed E-state index contributed by atoms with van der Waals surface area (Å²) in [5, 5.41) is -6.39. The van der Waals surface area contributed by atoms with Crippen molar-refractivity contribution in [3.63, 3.8) is 0 Å². The standard InChI is InChI=1S/C46H28O/c1-2-12-33-32(11-1)28-42(35-14-4-3-13-34(33)35)46-39-18-7-5-16-37(39)45(38-17-6-8-19-40(38)46)30-23-21-29(22-24-30)31-25-26-44-41(27-31)36-15-9-10-20-43(36)47-44/h1-28H/i1D,2D,3D,4D,5D,6D,7D,8D,9D,10D,11D,12D,13D,14D,15D,16D,17D,18D,19D,20D,21D,22D,23D,24D,25D,26D,27D,28D. The van der Waals surface area contributed by atoms with Crippen molar-refractivity contribution in [2.75, 3.05) is 0 Å². The first-order chi connectivity index (χ1) is 35.0. The highest BCUT2D eigenvalue weighted by atomic mass is 16.3. The summed E-state index contributed by atoms with van der Waals surface area (Å²) in [6.07, 6.45) is 0. The van der Waals surface area contributed by atoms with Crippen molar-refractivity contribution < 1.29 is 42.8 Å². The van der Waals surface area contributed by atoms with E-state index in [1.165, 1.54) is 0 Å². The maximum absolute atomic E-state index is 9.79. The normalized spacial score (nSPS) is 20.2.